The lowest BCUT2D eigenvalue weighted by atomic mass is 10.3. The lowest BCUT2D eigenvalue weighted by Crippen LogP contribution is -2.02. The quantitative estimate of drug-likeness (QED) is 0.758. The van der Waals surface area contributed by atoms with Crippen molar-refractivity contribution in [2.45, 2.75) is 13.1 Å². The van der Waals surface area contributed by atoms with Crippen molar-refractivity contribution in [1.29, 1.82) is 0 Å². The molecule has 0 aromatic carbocycles. The minimum Gasteiger partial charge on any atom is -0.394 e. The van der Waals surface area contributed by atoms with Crippen molar-refractivity contribution in [3.63, 3.8) is 0 Å². The normalized spacial score (nSPS) is 10.6. The molecule has 0 unspecified atom stereocenters. The molecule has 2 N–H and O–H groups in total. The molecule has 0 bridgehead atoms. The van der Waals surface area contributed by atoms with Gasteiger partial charge in [0.25, 0.3) is 0 Å². The molecule has 0 saturated carbocycles. The fourth-order valence-corrected chi connectivity index (χ4v) is 1.45. The lowest BCUT2D eigenvalue weighted by Gasteiger charge is -1.99. The Bertz CT molecular complexity index is 448. The fraction of sp³-hybridized carbons (Fsp3) is 0.400. The maximum atomic E-state index is 8.75. The first-order valence-electron chi connectivity index (χ1n) is 5.12. The summed E-state index contributed by atoms with van der Waals surface area (Å²) in [7, 11) is 1.89. The van der Waals surface area contributed by atoms with E-state index in [0.29, 0.717) is 6.54 Å². The molecule has 2 rings (SSSR count). The Hall–Kier alpha value is -1.82. The topological polar surface area (TPSA) is 67.9 Å². The summed E-state index contributed by atoms with van der Waals surface area (Å²) in [6.45, 7) is 1.34. The first-order chi connectivity index (χ1) is 7.78. The lowest BCUT2D eigenvalue weighted by molar-refractivity contribution is 0.269. The van der Waals surface area contributed by atoms with Crippen LogP contribution in [0.2, 0.25) is 0 Å². The number of rotatable bonds is 5. The highest BCUT2D eigenvalue weighted by Gasteiger charge is 1.99. The van der Waals surface area contributed by atoms with E-state index in [2.05, 4.69) is 15.5 Å². The number of nitrogens with zero attached hydrogens (tertiary/aromatic N) is 4. The Morgan fingerprint density at radius 2 is 2.19 bits per heavy atom. The van der Waals surface area contributed by atoms with Gasteiger partial charge in [0.15, 0.2) is 0 Å². The van der Waals surface area contributed by atoms with Crippen LogP contribution >= 0.6 is 0 Å². The summed E-state index contributed by atoms with van der Waals surface area (Å²) in [6.07, 6.45) is 7.40. The average molecular weight is 221 g/mol. The Balaban J connectivity index is 1.89. The summed E-state index contributed by atoms with van der Waals surface area (Å²) in [5.74, 6) is 0. The highest BCUT2D eigenvalue weighted by atomic mass is 16.3. The molecule has 0 aliphatic heterocycles. The summed E-state index contributed by atoms with van der Waals surface area (Å²) in [5, 5.41) is 20.2. The van der Waals surface area contributed by atoms with Crippen LogP contribution in [0, 0.1) is 0 Å². The van der Waals surface area contributed by atoms with Gasteiger partial charge < -0.3 is 10.4 Å². The van der Waals surface area contributed by atoms with Crippen LogP contribution in [0.15, 0.2) is 24.8 Å². The first kappa shape index (κ1) is 10.7. The second-order valence-electron chi connectivity index (χ2n) is 3.59. The van der Waals surface area contributed by atoms with E-state index in [9.17, 15) is 0 Å². The smallest absolute Gasteiger partial charge is 0.0729 e. The van der Waals surface area contributed by atoms with Gasteiger partial charge in [-0.1, -0.05) is 0 Å². The van der Waals surface area contributed by atoms with Crippen LogP contribution in [-0.2, 0) is 20.1 Å². The van der Waals surface area contributed by atoms with Crippen LogP contribution in [-0.4, -0.2) is 31.3 Å². The van der Waals surface area contributed by atoms with Gasteiger partial charge in [0.05, 0.1) is 31.2 Å². The van der Waals surface area contributed by atoms with Crippen LogP contribution in [0.25, 0.3) is 0 Å². The zero-order valence-corrected chi connectivity index (χ0v) is 9.17. The van der Waals surface area contributed by atoms with Crippen LogP contribution in [0.3, 0.4) is 0 Å². The van der Waals surface area contributed by atoms with Gasteiger partial charge in [0.1, 0.15) is 0 Å². The number of aliphatic hydroxyl groups is 1. The molecule has 0 fully saturated rings. The van der Waals surface area contributed by atoms with Crippen molar-refractivity contribution >= 4 is 5.69 Å². The summed E-state index contributed by atoms with van der Waals surface area (Å²) < 4.78 is 3.47. The standard InChI is InChI=1S/C10H15N5O/c1-14-7-9(5-12-14)4-11-10-6-13-15(8-10)2-3-16/h5-8,11,16H,2-4H2,1H3. The van der Waals surface area contributed by atoms with Crippen molar-refractivity contribution < 1.29 is 5.11 Å². The molecule has 0 aliphatic rings. The fourth-order valence-electron chi connectivity index (χ4n) is 1.45. The predicted octanol–water partition coefficient (Wildman–Crippen LogP) is 0.221. The van der Waals surface area contributed by atoms with Gasteiger partial charge in [-0.3, -0.25) is 9.36 Å². The van der Waals surface area contributed by atoms with Crippen LogP contribution in [0.1, 0.15) is 5.56 Å². The van der Waals surface area contributed by atoms with Crippen LogP contribution < -0.4 is 5.32 Å². The molecule has 2 aromatic heterocycles. The van der Waals surface area contributed by atoms with Crippen LogP contribution in [0.4, 0.5) is 5.69 Å². The van der Waals surface area contributed by atoms with Crippen molar-refractivity contribution in [3.8, 4) is 0 Å². The molecule has 0 spiro atoms. The molecule has 16 heavy (non-hydrogen) atoms. The van der Waals surface area contributed by atoms with Crippen molar-refractivity contribution in [2.75, 3.05) is 11.9 Å². The molecule has 0 radical (unpaired) electrons. The number of nitrogens with one attached hydrogen (secondary N) is 1. The van der Waals surface area contributed by atoms with E-state index in [1.54, 1.807) is 15.6 Å². The van der Waals surface area contributed by atoms with Crippen molar-refractivity contribution in [3.05, 3.63) is 30.4 Å². The third-order valence-electron chi connectivity index (χ3n) is 2.22. The van der Waals surface area contributed by atoms with Gasteiger partial charge in [-0.2, -0.15) is 10.2 Å². The molecule has 6 nitrogen and oxygen atoms in total. The van der Waals surface area contributed by atoms with Gasteiger partial charge in [-0.15, -0.1) is 0 Å². The van der Waals surface area contributed by atoms with Gasteiger partial charge in [0.2, 0.25) is 0 Å². The second-order valence-corrected chi connectivity index (χ2v) is 3.59. The van der Waals surface area contributed by atoms with E-state index in [1.165, 1.54) is 0 Å². The zero-order chi connectivity index (χ0) is 11.4. The average Bonchev–Trinajstić information content (AvgIpc) is 2.85. The van der Waals surface area contributed by atoms with E-state index in [0.717, 1.165) is 17.8 Å². The third-order valence-corrected chi connectivity index (χ3v) is 2.22. The number of hydrogen-bond acceptors (Lipinski definition) is 4. The van der Waals surface area contributed by atoms with E-state index in [1.807, 2.05) is 25.6 Å². The molecule has 6 heteroatoms. The largest absolute Gasteiger partial charge is 0.394 e. The molecule has 2 aromatic rings. The summed E-state index contributed by atoms with van der Waals surface area (Å²) in [6, 6.07) is 0. The SMILES string of the molecule is Cn1cc(CNc2cnn(CCO)c2)cn1. The molecule has 0 aliphatic carbocycles. The maximum absolute atomic E-state index is 8.75. The van der Waals surface area contributed by atoms with Gasteiger partial charge in [-0.25, -0.2) is 0 Å². The highest BCUT2D eigenvalue weighted by Crippen LogP contribution is 2.07. The van der Waals surface area contributed by atoms with E-state index in [4.69, 9.17) is 5.11 Å². The van der Waals surface area contributed by atoms with E-state index >= 15 is 0 Å². The number of anilines is 1. The molecular formula is C10H15N5O. The molecular weight excluding hydrogens is 206 g/mol. The number of aromatic nitrogens is 4. The molecule has 2 heterocycles. The zero-order valence-electron chi connectivity index (χ0n) is 9.17. The highest BCUT2D eigenvalue weighted by molar-refractivity contribution is 5.38. The monoisotopic (exact) mass is 221 g/mol. The van der Waals surface area contributed by atoms with E-state index in [-0.39, 0.29) is 6.61 Å². The van der Waals surface area contributed by atoms with Gasteiger partial charge in [0, 0.05) is 31.5 Å². The molecule has 86 valence electrons. The third kappa shape index (κ3) is 2.60. The van der Waals surface area contributed by atoms with Gasteiger partial charge in [-0.05, 0) is 0 Å². The molecule has 0 atom stereocenters. The number of aliphatic hydroxyl groups excluding tert-OH is 1. The summed E-state index contributed by atoms with van der Waals surface area (Å²) >= 11 is 0. The summed E-state index contributed by atoms with van der Waals surface area (Å²) in [5.41, 5.74) is 2.06. The van der Waals surface area contributed by atoms with Gasteiger partial charge >= 0.3 is 0 Å². The first-order valence-corrected chi connectivity index (χ1v) is 5.12. The Morgan fingerprint density at radius 1 is 1.31 bits per heavy atom. The predicted molar refractivity (Wildman–Crippen MR) is 59.8 cm³/mol. The minimum atomic E-state index is 0.101. The van der Waals surface area contributed by atoms with Crippen LogP contribution in [0.5, 0.6) is 0 Å². The Morgan fingerprint density at radius 3 is 2.88 bits per heavy atom. The summed E-state index contributed by atoms with van der Waals surface area (Å²) in [4.78, 5) is 0. The number of hydrogen-bond donors (Lipinski definition) is 2. The second kappa shape index (κ2) is 4.80. The molecule has 0 amide bonds. The Labute approximate surface area is 93.5 Å². The number of aryl methyl sites for hydroxylation is 1. The van der Waals surface area contributed by atoms with Crippen molar-refractivity contribution in [2.24, 2.45) is 7.05 Å². The van der Waals surface area contributed by atoms with Crippen molar-refractivity contribution in [1.82, 2.24) is 19.6 Å². The maximum Gasteiger partial charge on any atom is 0.0729 e. The Kier molecular flexibility index (Phi) is 3.21. The van der Waals surface area contributed by atoms with E-state index < -0.39 is 0 Å². The minimum absolute atomic E-state index is 0.101. The molecule has 0 saturated heterocycles.